The summed E-state index contributed by atoms with van der Waals surface area (Å²) in [4.78, 5) is 26.9. The van der Waals surface area contributed by atoms with Crippen molar-refractivity contribution in [1.29, 1.82) is 0 Å². The largest absolute Gasteiger partial charge is 0.477 e. The second kappa shape index (κ2) is 9.01. The second-order valence-electron chi connectivity index (χ2n) is 6.04. The van der Waals surface area contributed by atoms with E-state index in [1.165, 1.54) is 12.0 Å². The molecule has 1 aromatic heterocycles. The molecule has 0 radical (unpaired) electrons. The normalized spacial score (nSPS) is 10.6. The molecule has 1 N–H and O–H groups in total. The van der Waals surface area contributed by atoms with Gasteiger partial charge in [0.05, 0.1) is 12.2 Å². The zero-order chi connectivity index (χ0) is 20.1. The maximum Gasteiger partial charge on any atom is 0.348 e. The number of halogens is 1. The minimum Gasteiger partial charge on any atom is -0.477 e. The number of aromatic carboxylic acids is 1. The Kier molecular flexibility index (Phi) is 6.46. The average molecular weight is 416 g/mol. The van der Waals surface area contributed by atoms with E-state index in [1.54, 1.807) is 24.3 Å². The summed E-state index contributed by atoms with van der Waals surface area (Å²) in [6, 6.07) is 18.3. The van der Waals surface area contributed by atoms with E-state index in [4.69, 9.17) is 16.3 Å². The summed E-state index contributed by atoms with van der Waals surface area (Å²) >= 11 is 7.20. The lowest BCUT2D eigenvalue weighted by Gasteiger charge is -2.22. The van der Waals surface area contributed by atoms with Gasteiger partial charge in [-0.25, -0.2) is 4.79 Å². The van der Waals surface area contributed by atoms with Crippen LogP contribution in [0.15, 0.2) is 60.7 Å². The fourth-order valence-corrected chi connectivity index (χ4v) is 4.03. The molecule has 0 aliphatic rings. The smallest absolute Gasteiger partial charge is 0.348 e. The summed E-state index contributed by atoms with van der Waals surface area (Å²) in [5, 5.41) is 10.3. The molecule has 1 heterocycles. The maximum atomic E-state index is 12.7. The van der Waals surface area contributed by atoms with Crippen LogP contribution in [0.1, 0.15) is 15.2 Å². The summed E-state index contributed by atoms with van der Waals surface area (Å²) in [6.07, 6.45) is 0. The van der Waals surface area contributed by atoms with Gasteiger partial charge in [-0.2, -0.15) is 0 Å². The number of thiophene rings is 1. The Labute approximate surface area is 171 Å². The van der Waals surface area contributed by atoms with E-state index in [9.17, 15) is 14.7 Å². The number of methoxy groups -OCH3 is 1. The molecule has 0 bridgehead atoms. The molecule has 144 valence electrons. The molecule has 0 saturated heterocycles. The van der Waals surface area contributed by atoms with E-state index in [2.05, 4.69) is 0 Å². The Morgan fingerprint density at radius 2 is 1.86 bits per heavy atom. The maximum absolute atomic E-state index is 12.7. The topological polar surface area (TPSA) is 66.8 Å². The Morgan fingerprint density at radius 3 is 2.50 bits per heavy atom. The van der Waals surface area contributed by atoms with E-state index in [1.807, 2.05) is 36.4 Å². The molecule has 5 nitrogen and oxygen atoms in total. The first-order chi connectivity index (χ1) is 13.5. The van der Waals surface area contributed by atoms with Gasteiger partial charge in [0.15, 0.2) is 0 Å². The predicted octanol–water partition coefficient (Wildman–Crippen LogP) is 4.95. The third kappa shape index (κ3) is 4.59. The molecule has 7 heteroatoms. The van der Waals surface area contributed by atoms with Gasteiger partial charge in [-0.1, -0.05) is 54.1 Å². The van der Waals surface area contributed by atoms with Crippen LogP contribution >= 0.6 is 22.9 Å². The third-order valence-corrected chi connectivity index (χ3v) is 5.45. The zero-order valence-electron chi connectivity index (χ0n) is 15.1. The average Bonchev–Trinajstić information content (AvgIpc) is 3.12. The number of nitrogens with zero attached hydrogens (tertiary/aromatic N) is 1. The number of rotatable bonds is 7. The lowest BCUT2D eigenvalue weighted by molar-refractivity contribution is -0.122. The van der Waals surface area contributed by atoms with Crippen molar-refractivity contribution in [2.45, 2.75) is 6.54 Å². The van der Waals surface area contributed by atoms with Gasteiger partial charge in [-0.15, -0.1) is 11.3 Å². The molecule has 28 heavy (non-hydrogen) atoms. The molecule has 0 saturated carbocycles. The molecular weight excluding hydrogens is 398 g/mol. The standard InChI is InChI=1S/C21H18ClNO4S/c1-27-13-19(24)23(12-14-6-5-9-16(22)10-14)17-11-18(28-20(17)21(25)26)15-7-3-2-4-8-15/h2-11H,12-13H2,1H3,(H,25,26). The van der Waals surface area contributed by atoms with Gasteiger partial charge in [0.1, 0.15) is 11.5 Å². The van der Waals surface area contributed by atoms with E-state index in [-0.39, 0.29) is 23.9 Å². The summed E-state index contributed by atoms with van der Waals surface area (Å²) in [6.45, 7) is 0.0319. The highest BCUT2D eigenvalue weighted by atomic mass is 35.5. The number of hydrogen-bond donors (Lipinski definition) is 1. The van der Waals surface area contributed by atoms with E-state index in [0.29, 0.717) is 10.7 Å². The Balaban J connectivity index is 2.06. The van der Waals surface area contributed by atoms with E-state index < -0.39 is 5.97 Å². The van der Waals surface area contributed by atoms with Crippen LogP contribution < -0.4 is 4.90 Å². The second-order valence-corrected chi connectivity index (χ2v) is 7.53. The zero-order valence-corrected chi connectivity index (χ0v) is 16.7. The number of carbonyl (C=O) groups is 2. The van der Waals surface area contributed by atoms with Gasteiger partial charge >= 0.3 is 5.97 Å². The summed E-state index contributed by atoms with van der Waals surface area (Å²) < 4.78 is 5.00. The van der Waals surface area contributed by atoms with Gasteiger partial charge < -0.3 is 14.7 Å². The first-order valence-electron chi connectivity index (χ1n) is 8.46. The monoisotopic (exact) mass is 415 g/mol. The molecule has 0 unspecified atom stereocenters. The minimum atomic E-state index is -1.08. The molecule has 0 spiro atoms. The number of carboxylic acid groups (broad SMARTS) is 1. The van der Waals surface area contributed by atoms with Crippen molar-refractivity contribution in [2.24, 2.45) is 0 Å². The number of ether oxygens (including phenoxy) is 1. The molecule has 3 rings (SSSR count). The van der Waals surface area contributed by atoms with Crippen LogP contribution in [-0.4, -0.2) is 30.7 Å². The van der Waals surface area contributed by atoms with Crippen molar-refractivity contribution in [2.75, 3.05) is 18.6 Å². The van der Waals surface area contributed by atoms with Crippen molar-refractivity contribution >= 4 is 40.5 Å². The number of benzene rings is 2. The predicted molar refractivity (Wildman–Crippen MR) is 111 cm³/mol. The van der Waals surface area contributed by atoms with Crippen molar-refractivity contribution in [1.82, 2.24) is 0 Å². The number of amides is 1. The molecule has 0 fully saturated rings. The van der Waals surface area contributed by atoms with E-state index in [0.717, 1.165) is 27.3 Å². The molecular formula is C21H18ClNO4S. The summed E-state index contributed by atoms with van der Waals surface area (Å²) in [5.74, 6) is -1.41. The molecule has 3 aromatic rings. The fourth-order valence-electron chi connectivity index (χ4n) is 2.81. The SMILES string of the molecule is COCC(=O)N(Cc1cccc(Cl)c1)c1cc(-c2ccccc2)sc1C(=O)O. The Morgan fingerprint density at radius 1 is 1.11 bits per heavy atom. The lowest BCUT2D eigenvalue weighted by Crippen LogP contribution is -2.34. The quantitative estimate of drug-likeness (QED) is 0.593. The van der Waals surface area contributed by atoms with Gasteiger partial charge in [0.2, 0.25) is 0 Å². The Hall–Kier alpha value is -2.67. The summed E-state index contributed by atoms with van der Waals surface area (Å²) in [5.41, 5.74) is 2.03. The van der Waals surface area contributed by atoms with Crippen LogP contribution in [-0.2, 0) is 16.1 Å². The summed E-state index contributed by atoms with van der Waals surface area (Å²) in [7, 11) is 1.43. The minimum absolute atomic E-state index is 0.102. The van der Waals surface area contributed by atoms with Crippen LogP contribution in [0.5, 0.6) is 0 Å². The molecule has 0 aliphatic carbocycles. The molecule has 1 amide bonds. The van der Waals surface area contributed by atoms with Crippen LogP contribution in [0.3, 0.4) is 0 Å². The number of carboxylic acids is 1. The van der Waals surface area contributed by atoms with E-state index >= 15 is 0 Å². The first kappa shape index (κ1) is 20.1. The van der Waals surface area contributed by atoms with Gasteiger partial charge in [0.25, 0.3) is 5.91 Å². The van der Waals surface area contributed by atoms with Crippen molar-refractivity contribution in [3.63, 3.8) is 0 Å². The van der Waals surface area contributed by atoms with Gasteiger partial charge in [-0.05, 0) is 29.3 Å². The van der Waals surface area contributed by atoms with Crippen molar-refractivity contribution in [3.05, 3.63) is 76.1 Å². The van der Waals surface area contributed by atoms with Crippen LogP contribution in [0.2, 0.25) is 5.02 Å². The first-order valence-corrected chi connectivity index (χ1v) is 9.65. The fraction of sp³-hybridized carbons (Fsp3) is 0.143. The molecule has 0 aliphatic heterocycles. The van der Waals surface area contributed by atoms with Gasteiger partial charge in [-0.3, -0.25) is 4.79 Å². The van der Waals surface area contributed by atoms with Crippen LogP contribution in [0, 0.1) is 0 Å². The lowest BCUT2D eigenvalue weighted by atomic mass is 10.1. The highest BCUT2D eigenvalue weighted by molar-refractivity contribution is 7.18. The Bertz CT molecular complexity index is 987. The van der Waals surface area contributed by atoms with Crippen molar-refractivity contribution in [3.8, 4) is 10.4 Å². The van der Waals surface area contributed by atoms with Crippen molar-refractivity contribution < 1.29 is 19.4 Å². The molecule has 0 atom stereocenters. The number of hydrogen-bond acceptors (Lipinski definition) is 4. The van der Waals surface area contributed by atoms with Gasteiger partial charge in [0, 0.05) is 17.0 Å². The number of carbonyl (C=O) groups excluding carboxylic acids is 1. The third-order valence-electron chi connectivity index (χ3n) is 4.05. The van der Waals surface area contributed by atoms with Crippen LogP contribution in [0.25, 0.3) is 10.4 Å². The number of anilines is 1. The highest BCUT2D eigenvalue weighted by Crippen LogP contribution is 2.37. The molecule has 2 aromatic carbocycles. The highest BCUT2D eigenvalue weighted by Gasteiger charge is 2.25. The van der Waals surface area contributed by atoms with Crippen LogP contribution in [0.4, 0.5) is 5.69 Å².